The lowest BCUT2D eigenvalue weighted by atomic mass is 9.81. The van der Waals surface area contributed by atoms with Gasteiger partial charge in [0.25, 0.3) is 0 Å². The molecule has 2 aliphatic carbocycles. The Kier molecular flexibility index (Phi) is 5.74. The van der Waals surface area contributed by atoms with Gasteiger partial charge in [0.15, 0.2) is 5.11 Å². The van der Waals surface area contributed by atoms with Gasteiger partial charge in [-0.2, -0.15) is 0 Å². The highest BCUT2D eigenvalue weighted by Gasteiger charge is 2.20. The minimum Gasteiger partial charge on any atom is -0.362 e. The molecule has 0 amide bonds. The molecule has 2 nitrogen and oxygen atoms in total. The Morgan fingerprint density at radius 1 is 1.00 bits per heavy atom. The largest absolute Gasteiger partial charge is 0.362 e. The maximum absolute atomic E-state index is 5.38. The van der Waals surface area contributed by atoms with Gasteiger partial charge in [-0.1, -0.05) is 39.0 Å². The summed E-state index contributed by atoms with van der Waals surface area (Å²) in [6.07, 6.45) is 12.3. The molecule has 104 valence electrons. The van der Waals surface area contributed by atoms with Gasteiger partial charge in [-0.05, 0) is 49.7 Å². The van der Waals surface area contributed by atoms with Crippen LogP contribution in [0.5, 0.6) is 0 Å². The fourth-order valence-electron chi connectivity index (χ4n) is 3.39. The SMILES string of the molecule is CCC1CCC(CNC(=S)NC2CCCC2)CC1. The molecule has 0 aliphatic heterocycles. The summed E-state index contributed by atoms with van der Waals surface area (Å²) >= 11 is 5.38. The standard InChI is InChI=1S/C15H28N2S/c1-2-12-7-9-13(10-8-12)11-16-15(18)17-14-5-3-4-6-14/h12-14H,2-11H2,1H3,(H2,16,17,18). The maximum Gasteiger partial charge on any atom is 0.166 e. The lowest BCUT2D eigenvalue weighted by molar-refractivity contribution is 0.269. The first-order valence-electron chi connectivity index (χ1n) is 7.82. The average Bonchev–Trinajstić information content (AvgIpc) is 2.90. The van der Waals surface area contributed by atoms with E-state index in [4.69, 9.17) is 12.2 Å². The van der Waals surface area contributed by atoms with Gasteiger partial charge in [0.1, 0.15) is 0 Å². The second-order valence-electron chi connectivity index (χ2n) is 6.13. The first kappa shape index (κ1) is 14.1. The first-order chi connectivity index (χ1) is 8.78. The van der Waals surface area contributed by atoms with Crippen LogP contribution in [0, 0.1) is 11.8 Å². The number of rotatable bonds is 4. The van der Waals surface area contributed by atoms with Gasteiger partial charge in [-0.3, -0.25) is 0 Å². The molecule has 0 atom stereocenters. The zero-order valence-electron chi connectivity index (χ0n) is 11.7. The molecule has 2 aliphatic rings. The molecule has 0 aromatic carbocycles. The summed E-state index contributed by atoms with van der Waals surface area (Å²) in [5.74, 6) is 1.83. The Morgan fingerprint density at radius 3 is 2.22 bits per heavy atom. The highest BCUT2D eigenvalue weighted by Crippen LogP contribution is 2.30. The fraction of sp³-hybridized carbons (Fsp3) is 0.933. The van der Waals surface area contributed by atoms with Crippen LogP contribution in [0.3, 0.4) is 0 Å². The summed E-state index contributed by atoms with van der Waals surface area (Å²) in [6.45, 7) is 3.40. The smallest absolute Gasteiger partial charge is 0.166 e. The quantitative estimate of drug-likeness (QED) is 0.762. The Hall–Kier alpha value is -0.310. The number of nitrogens with one attached hydrogen (secondary N) is 2. The maximum atomic E-state index is 5.38. The molecule has 2 fully saturated rings. The zero-order valence-corrected chi connectivity index (χ0v) is 12.5. The lowest BCUT2D eigenvalue weighted by Gasteiger charge is -2.28. The lowest BCUT2D eigenvalue weighted by Crippen LogP contribution is -2.42. The van der Waals surface area contributed by atoms with Gasteiger partial charge in [-0.25, -0.2) is 0 Å². The van der Waals surface area contributed by atoms with Crippen molar-refractivity contribution in [1.29, 1.82) is 0 Å². The van der Waals surface area contributed by atoms with Gasteiger partial charge in [0.2, 0.25) is 0 Å². The van der Waals surface area contributed by atoms with Crippen molar-refractivity contribution in [2.75, 3.05) is 6.54 Å². The summed E-state index contributed by atoms with van der Waals surface area (Å²) in [5.41, 5.74) is 0. The van der Waals surface area contributed by atoms with Crippen LogP contribution >= 0.6 is 12.2 Å². The second-order valence-corrected chi connectivity index (χ2v) is 6.54. The third kappa shape index (κ3) is 4.42. The van der Waals surface area contributed by atoms with E-state index in [0.717, 1.165) is 23.5 Å². The van der Waals surface area contributed by atoms with Crippen LogP contribution in [0.15, 0.2) is 0 Å². The van der Waals surface area contributed by atoms with E-state index >= 15 is 0 Å². The average molecular weight is 268 g/mol. The summed E-state index contributed by atoms with van der Waals surface area (Å²) < 4.78 is 0. The highest BCUT2D eigenvalue weighted by molar-refractivity contribution is 7.80. The first-order valence-corrected chi connectivity index (χ1v) is 8.23. The minimum absolute atomic E-state index is 0.640. The fourth-order valence-corrected chi connectivity index (χ4v) is 3.64. The number of hydrogen-bond donors (Lipinski definition) is 2. The molecule has 0 radical (unpaired) electrons. The monoisotopic (exact) mass is 268 g/mol. The van der Waals surface area contributed by atoms with E-state index in [-0.39, 0.29) is 0 Å². The van der Waals surface area contributed by atoms with Crippen LogP contribution < -0.4 is 10.6 Å². The van der Waals surface area contributed by atoms with E-state index in [0.29, 0.717) is 6.04 Å². The number of thiocarbonyl (C=S) groups is 1. The zero-order chi connectivity index (χ0) is 12.8. The third-order valence-corrected chi connectivity index (χ3v) is 5.05. The van der Waals surface area contributed by atoms with Gasteiger partial charge in [0.05, 0.1) is 0 Å². The van der Waals surface area contributed by atoms with Gasteiger partial charge in [0, 0.05) is 12.6 Å². The van der Waals surface area contributed by atoms with Crippen molar-refractivity contribution in [3.05, 3.63) is 0 Å². The third-order valence-electron chi connectivity index (χ3n) is 4.79. The van der Waals surface area contributed by atoms with E-state index < -0.39 is 0 Å². The molecule has 0 spiro atoms. The molecule has 0 aromatic rings. The van der Waals surface area contributed by atoms with Crippen LogP contribution in [0.1, 0.15) is 64.7 Å². The molecule has 2 rings (SSSR count). The number of hydrogen-bond acceptors (Lipinski definition) is 1. The van der Waals surface area contributed by atoms with Crippen molar-refractivity contribution in [2.45, 2.75) is 70.8 Å². The van der Waals surface area contributed by atoms with E-state index in [1.165, 1.54) is 57.8 Å². The van der Waals surface area contributed by atoms with Crippen molar-refractivity contribution in [3.63, 3.8) is 0 Å². The molecular formula is C15H28N2S. The van der Waals surface area contributed by atoms with Crippen molar-refractivity contribution < 1.29 is 0 Å². The Labute approximate surface area is 117 Å². The molecule has 0 heterocycles. The molecule has 0 bridgehead atoms. The summed E-state index contributed by atoms with van der Waals surface area (Å²) in [5, 5.41) is 7.78. The van der Waals surface area contributed by atoms with Crippen molar-refractivity contribution >= 4 is 17.3 Å². The van der Waals surface area contributed by atoms with Crippen LogP contribution in [-0.4, -0.2) is 17.7 Å². The Bertz CT molecular complexity index is 253. The van der Waals surface area contributed by atoms with Crippen LogP contribution in [-0.2, 0) is 0 Å². The molecule has 2 saturated carbocycles. The minimum atomic E-state index is 0.640. The van der Waals surface area contributed by atoms with Crippen LogP contribution in [0.4, 0.5) is 0 Å². The molecular weight excluding hydrogens is 240 g/mol. The van der Waals surface area contributed by atoms with E-state index in [9.17, 15) is 0 Å². The second kappa shape index (κ2) is 7.32. The molecule has 0 unspecified atom stereocenters. The molecule has 2 N–H and O–H groups in total. The van der Waals surface area contributed by atoms with Gasteiger partial charge < -0.3 is 10.6 Å². The van der Waals surface area contributed by atoms with Crippen LogP contribution in [0.25, 0.3) is 0 Å². The van der Waals surface area contributed by atoms with Gasteiger partial charge in [-0.15, -0.1) is 0 Å². The van der Waals surface area contributed by atoms with Gasteiger partial charge >= 0.3 is 0 Å². The van der Waals surface area contributed by atoms with Crippen molar-refractivity contribution in [1.82, 2.24) is 10.6 Å². The van der Waals surface area contributed by atoms with Crippen molar-refractivity contribution in [2.24, 2.45) is 11.8 Å². The molecule has 18 heavy (non-hydrogen) atoms. The van der Waals surface area contributed by atoms with E-state index in [2.05, 4.69) is 17.6 Å². The van der Waals surface area contributed by atoms with E-state index in [1.54, 1.807) is 0 Å². The van der Waals surface area contributed by atoms with Crippen molar-refractivity contribution in [3.8, 4) is 0 Å². The predicted molar refractivity (Wildman–Crippen MR) is 81.7 cm³/mol. The molecule has 0 aromatic heterocycles. The summed E-state index contributed by atoms with van der Waals surface area (Å²) in [6, 6.07) is 0.640. The summed E-state index contributed by atoms with van der Waals surface area (Å²) in [7, 11) is 0. The molecule has 0 saturated heterocycles. The predicted octanol–water partition coefficient (Wildman–Crippen LogP) is 3.61. The highest BCUT2D eigenvalue weighted by atomic mass is 32.1. The molecule has 3 heteroatoms. The topological polar surface area (TPSA) is 24.1 Å². The normalized spacial score (nSPS) is 29.2. The Balaban J connectivity index is 1.58. The Morgan fingerprint density at radius 2 is 1.61 bits per heavy atom. The summed E-state index contributed by atoms with van der Waals surface area (Å²) in [4.78, 5) is 0. The van der Waals surface area contributed by atoms with E-state index in [1.807, 2.05) is 0 Å². The van der Waals surface area contributed by atoms with Crippen LogP contribution in [0.2, 0.25) is 0 Å².